The Kier molecular flexibility index (Phi) is 18.8. The smallest absolute Gasteiger partial charge is 0.850 e. The zero-order valence-corrected chi connectivity index (χ0v) is 42.6. The van der Waals surface area contributed by atoms with Gasteiger partial charge in [0.2, 0.25) is 0 Å². The minimum Gasteiger partial charge on any atom is -0.850 e. The molecule has 1 N–H and O–H groups in total. The van der Waals surface area contributed by atoms with Gasteiger partial charge in [-0.15, -0.1) is 15.8 Å². The molecule has 6 aromatic rings. The van der Waals surface area contributed by atoms with Crippen molar-refractivity contribution in [1.82, 2.24) is 54.3 Å². The molecule has 25 heteroatoms. The second kappa shape index (κ2) is 23.3. The van der Waals surface area contributed by atoms with Gasteiger partial charge in [0.25, 0.3) is 0 Å². The molecule has 8 rings (SSSR count). The first-order chi connectivity index (χ1) is 31.1. The van der Waals surface area contributed by atoms with Crippen LogP contribution < -0.4 is 56.5 Å². The summed E-state index contributed by atoms with van der Waals surface area (Å²) < 4.78 is 21.1. The third-order valence-corrected chi connectivity index (χ3v) is 8.83. The van der Waals surface area contributed by atoms with Crippen LogP contribution in [0.1, 0.15) is 110 Å². The topological polar surface area (TPSA) is 285 Å². The third kappa shape index (κ3) is 14.2. The van der Waals surface area contributed by atoms with Crippen LogP contribution in [0.4, 0.5) is 5.69 Å². The first-order valence-corrected chi connectivity index (χ1v) is 20.7. The minimum atomic E-state index is -1.16. The number of imidazole rings is 1. The van der Waals surface area contributed by atoms with Crippen molar-refractivity contribution in [2.24, 2.45) is 4.99 Å². The van der Waals surface area contributed by atoms with Gasteiger partial charge in [-0.2, -0.15) is 10.4 Å². The molecular weight excluding hydrogens is 941 g/mol. The average molecular weight is 985 g/mol. The SMILES string of the molecule is CC(C)(C)OC(=O)CC#N.CC(C)(C)[O-].CCOC(=O)c1nnn2c1CC(n1cncn1)=Nc1ccc(Cl)cc1-2.CCOC(=O)c1nnn2c1Cc1c(C(=O)O)ncn1-c1ccc(Cl)cc1-2.[K+]. The van der Waals surface area contributed by atoms with Gasteiger partial charge < -0.3 is 24.4 Å². The largest absolute Gasteiger partial charge is 1.00 e. The third-order valence-electron chi connectivity index (χ3n) is 8.36. The van der Waals surface area contributed by atoms with Crippen LogP contribution in [0, 0.1) is 11.3 Å². The molecule has 0 saturated heterocycles. The van der Waals surface area contributed by atoms with Crippen LogP contribution in [0.15, 0.2) is 60.4 Å². The molecule has 2 aromatic carbocycles. The van der Waals surface area contributed by atoms with Gasteiger partial charge in [0.05, 0.1) is 65.5 Å². The van der Waals surface area contributed by atoms with E-state index in [1.807, 2.05) is 0 Å². The molecule has 346 valence electrons. The van der Waals surface area contributed by atoms with Gasteiger partial charge in [-0.05, 0) is 71.0 Å². The van der Waals surface area contributed by atoms with Crippen LogP contribution in [0.5, 0.6) is 0 Å². The van der Waals surface area contributed by atoms with E-state index in [0.29, 0.717) is 55.7 Å². The Bertz CT molecular complexity index is 2810. The van der Waals surface area contributed by atoms with E-state index < -0.39 is 35.1 Å². The number of fused-ring (bicyclic) bond motifs is 8. The quantitative estimate of drug-likeness (QED) is 0.142. The first-order valence-electron chi connectivity index (χ1n) is 20.0. The van der Waals surface area contributed by atoms with Crippen molar-refractivity contribution in [1.29, 1.82) is 5.26 Å². The van der Waals surface area contributed by atoms with E-state index in [-0.39, 0.29) is 101 Å². The monoisotopic (exact) mass is 983 g/mol. The van der Waals surface area contributed by atoms with Crippen molar-refractivity contribution in [3.05, 3.63) is 99.6 Å². The summed E-state index contributed by atoms with van der Waals surface area (Å²) in [6.45, 7) is 14.0. The van der Waals surface area contributed by atoms with Crippen molar-refractivity contribution in [2.75, 3.05) is 13.2 Å². The first kappa shape index (κ1) is 53.9. The molecule has 0 aliphatic carbocycles. The Morgan fingerprint density at radius 1 is 0.806 bits per heavy atom. The summed E-state index contributed by atoms with van der Waals surface area (Å²) in [7, 11) is 0. The van der Waals surface area contributed by atoms with Crippen molar-refractivity contribution < 1.29 is 95.0 Å². The molecule has 0 amide bonds. The molecule has 2 aliphatic rings. The number of aromatic nitrogens is 11. The molecule has 0 saturated carbocycles. The predicted octanol–water partition coefficient (Wildman–Crippen LogP) is 2.10. The van der Waals surface area contributed by atoms with Crippen LogP contribution in [0.25, 0.3) is 17.1 Å². The molecule has 0 bridgehead atoms. The van der Waals surface area contributed by atoms with E-state index in [9.17, 15) is 29.4 Å². The minimum absolute atomic E-state index is 0. The number of nitriles is 1. The Morgan fingerprint density at radius 2 is 1.36 bits per heavy atom. The molecule has 0 atom stereocenters. The molecule has 22 nitrogen and oxygen atoms in total. The summed E-state index contributed by atoms with van der Waals surface area (Å²) in [4.78, 5) is 59.2. The number of benzene rings is 2. The van der Waals surface area contributed by atoms with Crippen molar-refractivity contribution in [2.45, 2.75) is 85.9 Å². The summed E-state index contributed by atoms with van der Waals surface area (Å²) >= 11 is 12.2. The fourth-order valence-corrected chi connectivity index (χ4v) is 6.32. The van der Waals surface area contributed by atoms with Crippen LogP contribution in [0.2, 0.25) is 10.0 Å². The molecule has 0 fully saturated rings. The fourth-order valence-electron chi connectivity index (χ4n) is 5.99. The number of carbonyl (C=O) groups excluding carboxylic acids is 3. The maximum Gasteiger partial charge on any atom is 1.00 e. The van der Waals surface area contributed by atoms with Crippen LogP contribution in [-0.4, -0.2) is 114 Å². The van der Waals surface area contributed by atoms with Gasteiger partial charge in [-0.25, -0.2) is 43.4 Å². The summed E-state index contributed by atoms with van der Waals surface area (Å²) in [5.41, 5.74) is 2.66. The summed E-state index contributed by atoms with van der Waals surface area (Å²) in [5.74, 6) is -2.20. The zero-order valence-electron chi connectivity index (χ0n) is 38.0. The number of esters is 3. The normalized spacial score (nSPS) is 11.8. The Balaban J connectivity index is 0.000000223. The molecule has 0 unspecified atom stereocenters. The van der Waals surface area contributed by atoms with E-state index in [4.69, 9.17) is 42.7 Å². The molecule has 0 radical (unpaired) electrons. The molecule has 6 heterocycles. The number of carbonyl (C=O) groups is 4. The van der Waals surface area contributed by atoms with Crippen molar-refractivity contribution in [3.63, 3.8) is 0 Å². The standard InChI is InChI=1S/C16H12ClN5O4.C15H12ClN7O2.C7H11NO2.C4H9O.K/c1-2-26-16(25)14-12-6-11-13(15(23)24)18-7-21(11)9-4-3-8(17)5-10(9)22(12)20-19-14;1-2-25-15(24)14-12-6-13(22-8-17-7-18-22)19-10-4-3-9(16)5-11(10)23(12)21-20-14;1-7(2,3)10-6(9)4-5-8;1-4(2,3)5;/h3-5,7H,2,6H2,1H3,(H,23,24);3-5,7-8H,2,6H2,1H3;4H2,1-3H3;1-3H3;/q;;;-1;+1. The zero-order chi connectivity index (χ0) is 48.5. The van der Waals surface area contributed by atoms with Crippen LogP contribution in [-0.2, 0) is 31.8 Å². The number of aliphatic imine (C=N–C) groups is 1. The molecule has 2 aliphatic heterocycles. The molecule has 4 aromatic heterocycles. The average Bonchev–Trinajstić information content (AvgIpc) is 4.04. The summed E-state index contributed by atoms with van der Waals surface area (Å²) in [6, 6.07) is 12.0. The van der Waals surface area contributed by atoms with Gasteiger partial charge in [0.1, 0.15) is 36.8 Å². The Hall–Kier alpha value is -5.71. The van der Waals surface area contributed by atoms with Gasteiger partial charge >= 0.3 is 75.3 Å². The van der Waals surface area contributed by atoms with Gasteiger partial charge in [0, 0.05) is 16.5 Å². The van der Waals surface area contributed by atoms with Gasteiger partial charge in [0.15, 0.2) is 17.1 Å². The molecular formula is C42H44Cl2KN13O9. The number of rotatable bonds is 6. The van der Waals surface area contributed by atoms with Crippen LogP contribution >= 0.6 is 23.2 Å². The number of halogens is 2. The number of aromatic carboxylic acids is 1. The number of carboxylic acid groups (broad SMARTS) is 1. The Labute approximate surface area is 436 Å². The molecule has 0 spiro atoms. The number of ether oxygens (including phenoxy) is 3. The number of hydrogen-bond donors (Lipinski definition) is 1. The van der Waals surface area contributed by atoms with Gasteiger partial charge in [-0.3, -0.25) is 9.36 Å². The van der Waals surface area contributed by atoms with Crippen LogP contribution in [0.3, 0.4) is 0 Å². The molecule has 67 heavy (non-hydrogen) atoms. The fraction of sp³-hybridized carbons (Fsp3) is 0.357. The van der Waals surface area contributed by atoms with E-state index >= 15 is 0 Å². The van der Waals surface area contributed by atoms with E-state index in [1.165, 1.54) is 28.3 Å². The maximum atomic E-state index is 12.2. The number of hydrogen-bond acceptors (Lipinski definition) is 17. The number of carboxylic acids is 1. The van der Waals surface area contributed by atoms with E-state index in [0.717, 1.165) is 0 Å². The van der Waals surface area contributed by atoms with Crippen molar-refractivity contribution >= 4 is 58.6 Å². The number of nitrogens with zero attached hydrogens (tertiary/aromatic N) is 13. The second-order valence-corrected chi connectivity index (χ2v) is 16.6. The Morgan fingerprint density at radius 3 is 1.88 bits per heavy atom. The summed E-state index contributed by atoms with van der Waals surface area (Å²) in [6.07, 6.45) is 4.58. The second-order valence-electron chi connectivity index (χ2n) is 15.8. The van der Waals surface area contributed by atoms with Gasteiger partial charge in [-0.1, -0.05) is 54.4 Å². The maximum absolute atomic E-state index is 12.2. The van der Waals surface area contributed by atoms with Crippen molar-refractivity contribution in [3.8, 4) is 23.1 Å². The summed E-state index contributed by atoms with van der Waals surface area (Å²) in [5, 5.41) is 48.9. The van der Waals surface area contributed by atoms with E-state index in [1.54, 1.807) is 107 Å². The van der Waals surface area contributed by atoms with E-state index in [2.05, 4.69) is 40.7 Å². The predicted molar refractivity (Wildman–Crippen MR) is 234 cm³/mol.